The van der Waals surface area contributed by atoms with E-state index in [-0.39, 0.29) is 5.92 Å². The van der Waals surface area contributed by atoms with Crippen molar-refractivity contribution < 1.29 is 9.47 Å². The third-order valence-electron chi connectivity index (χ3n) is 3.66. The van der Waals surface area contributed by atoms with Crippen LogP contribution in [0, 0.1) is 25.2 Å². The van der Waals surface area contributed by atoms with Crippen LogP contribution in [0.3, 0.4) is 0 Å². The highest BCUT2D eigenvalue weighted by Gasteiger charge is 2.12. The first-order valence-corrected chi connectivity index (χ1v) is 7.37. The van der Waals surface area contributed by atoms with E-state index in [1.165, 1.54) is 5.56 Å². The van der Waals surface area contributed by atoms with Gasteiger partial charge in [-0.25, -0.2) is 0 Å². The zero-order valence-electron chi connectivity index (χ0n) is 13.3. The summed E-state index contributed by atoms with van der Waals surface area (Å²) in [5.74, 6) is 1.47. The molecule has 114 valence electrons. The van der Waals surface area contributed by atoms with Gasteiger partial charge in [-0.15, -0.1) is 0 Å². The minimum atomic E-state index is -0.194. The normalized spacial score (nSPS) is 11.5. The van der Waals surface area contributed by atoms with Gasteiger partial charge in [-0.1, -0.05) is 24.3 Å². The van der Waals surface area contributed by atoms with E-state index in [1.54, 1.807) is 7.11 Å². The second-order valence-electron chi connectivity index (χ2n) is 5.36. The van der Waals surface area contributed by atoms with E-state index in [4.69, 9.17) is 9.47 Å². The summed E-state index contributed by atoms with van der Waals surface area (Å²) in [6.07, 6.45) is 0.650. The summed E-state index contributed by atoms with van der Waals surface area (Å²) in [6, 6.07) is 16.1. The van der Waals surface area contributed by atoms with E-state index in [0.29, 0.717) is 13.0 Å². The molecule has 0 aromatic heterocycles. The predicted molar refractivity (Wildman–Crippen MR) is 87.4 cm³/mol. The monoisotopic (exact) mass is 295 g/mol. The quantitative estimate of drug-likeness (QED) is 0.793. The Morgan fingerprint density at radius 3 is 2.68 bits per heavy atom. The molecule has 0 fully saturated rings. The molecule has 0 heterocycles. The molecule has 3 nitrogen and oxygen atoms in total. The third kappa shape index (κ3) is 4.02. The fraction of sp³-hybridized carbons (Fsp3) is 0.316. The largest absolute Gasteiger partial charge is 0.497 e. The Bertz CT molecular complexity index is 673. The molecule has 2 aromatic carbocycles. The van der Waals surface area contributed by atoms with Crippen LogP contribution in [0.2, 0.25) is 0 Å². The summed E-state index contributed by atoms with van der Waals surface area (Å²) in [5, 5.41) is 9.39. The average molecular weight is 295 g/mol. The molecule has 0 bridgehead atoms. The average Bonchev–Trinajstić information content (AvgIpc) is 2.54. The van der Waals surface area contributed by atoms with Gasteiger partial charge in [0.25, 0.3) is 0 Å². The van der Waals surface area contributed by atoms with Gasteiger partial charge in [0.05, 0.1) is 25.7 Å². The summed E-state index contributed by atoms with van der Waals surface area (Å²) in [6.45, 7) is 4.58. The lowest BCUT2D eigenvalue weighted by Gasteiger charge is -2.13. The summed E-state index contributed by atoms with van der Waals surface area (Å²) in [5.41, 5.74) is 3.25. The number of hydrogen-bond acceptors (Lipinski definition) is 3. The molecule has 2 rings (SSSR count). The summed E-state index contributed by atoms with van der Waals surface area (Å²) in [7, 11) is 1.63. The predicted octanol–water partition coefficient (Wildman–Crippen LogP) is 4.39. The molecule has 0 amide bonds. The number of aryl methyl sites for hydroxylation is 2. The first-order chi connectivity index (χ1) is 10.6. The van der Waals surface area contributed by atoms with Gasteiger partial charge < -0.3 is 9.47 Å². The Kier molecular flexibility index (Phi) is 5.43. The molecular formula is C19H21NO2. The maximum atomic E-state index is 9.39. The van der Waals surface area contributed by atoms with Crippen molar-refractivity contribution in [2.75, 3.05) is 13.7 Å². The van der Waals surface area contributed by atoms with Gasteiger partial charge in [0.1, 0.15) is 11.5 Å². The Hall–Kier alpha value is -2.47. The van der Waals surface area contributed by atoms with Crippen LogP contribution in [-0.4, -0.2) is 13.7 Å². The van der Waals surface area contributed by atoms with Crippen molar-refractivity contribution >= 4 is 0 Å². The molecular weight excluding hydrogens is 274 g/mol. The zero-order chi connectivity index (χ0) is 15.9. The van der Waals surface area contributed by atoms with Crippen LogP contribution in [0.5, 0.6) is 11.5 Å². The highest BCUT2D eigenvalue weighted by molar-refractivity contribution is 5.36. The number of nitriles is 1. The minimum Gasteiger partial charge on any atom is -0.497 e. The summed E-state index contributed by atoms with van der Waals surface area (Å²) in [4.78, 5) is 0. The lowest BCUT2D eigenvalue weighted by atomic mass is 9.97. The molecule has 1 unspecified atom stereocenters. The summed E-state index contributed by atoms with van der Waals surface area (Å²) >= 11 is 0. The lowest BCUT2D eigenvalue weighted by molar-refractivity contribution is 0.303. The van der Waals surface area contributed by atoms with Gasteiger partial charge in [0.15, 0.2) is 0 Å². The van der Waals surface area contributed by atoms with Crippen molar-refractivity contribution in [3.8, 4) is 17.6 Å². The standard InChI is InChI=1S/C19H21NO2/c1-14-7-8-15(2)19(11-14)22-10-9-17(13-20)16-5-4-6-18(12-16)21-3/h4-8,11-12,17H,9-10H2,1-3H3. The van der Waals surface area contributed by atoms with E-state index in [0.717, 1.165) is 22.6 Å². The molecule has 0 saturated carbocycles. The van der Waals surface area contributed by atoms with Crippen molar-refractivity contribution in [1.29, 1.82) is 5.26 Å². The minimum absolute atomic E-state index is 0.194. The molecule has 0 N–H and O–H groups in total. The molecule has 2 aromatic rings. The Labute approximate surface area is 132 Å². The van der Waals surface area contributed by atoms with Crippen molar-refractivity contribution in [1.82, 2.24) is 0 Å². The van der Waals surface area contributed by atoms with Crippen LogP contribution < -0.4 is 9.47 Å². The van der Waals surface area contributed by atoms with Gasteiger partial charge in [-0.2, -0.15) is 5.26 Å². The van der Waals surface area contributed by atoms with Crippen LogP contribution in [0.1, 0.15) is 29.0 Å². The Morgan fingerprint density at radius 1 is 1.14 bits per heavy atom. The highest BCUT2D eigenvalue weighted by atomic mass is 16.5. The van der Waals surface area contributed by atoms with Crippen LogP contribution in [0.15, 0.2) is 42.5 Å². The molecule has 3 heteroatoms. The summed E-state index contributed by atoms with van der Waals surface area (Å²) < 4.78 is 11.1. The van der Waals surface area contributed by atoms with Gasteiger partial charge in [-0.3, -0.25) is 0 Å². The van der Waals surface area contributed by atoms with Crippen molar-refractivity contribution in [2.45, 2.75) is 26.2 Å². The first kappa shape index (κ1) is 15.9. The zero-order valence-corrected chi connectivity index (χ0v) is 13.3. The van der Waals surface area contributed by atoms with E-state index in [9.17, 15) is 5.26 Å². The molecule has 1 atom stereocenters. The molecule has 0 aliphatic carbocycles. The SMILES string of the molecule is COc1cccc(C(C#N)CCOc2cc(C)ccc2C)c1. The molecule has 0 radical (unpaired) electrons. The maximum Gasteiger partial charge on any atom is 0.122 e. The van der Waals surface area contributed by atoms with Gasteiger partial charge in [-0.05, 0) is 48.7 Å². The molecule has 0 spiro atoms. The number of rotatable bonds is 6. The number of benzene rings is 2. The number of nitrogens with zero attached hydrogens (tertiary/aromatic N) is 1. The second kappa shape index (κ2) is 7.51. The van der Waals surface area contributed by atoms with Crippen molar-refractivity contribution in [3.63, 3.8) is 0 Å². The Morgan fingerprint density at radius 2 is 1.95 bits per heavy atom. The van der Waals surface area contributed by atoms with Crippen LogP contribution >= 0.6 is 0 Å². The van der Waals surface area contributed by atoms with Crippen molar-refractivity contribution in [3.05, 3.63) is 59.2 Å². The van der Waals surface area contributed by atoms with Gasteiger partial charge >= 0.3 is 0 Å². The van der Waals surface area contributed by atoms with E-state index in [1.807, 2.05) is 44.2 Å². The fourth-order valence-electron chi connectivity index (χ4n) is 2.31. The molecule has 0 aliphatic rings. The van der Waals surface area contributed by atoms with Gasteiger partial charge in [0, 0.05) is 6.42 Å². The second-order valence-corrected chi connectivity index (χ2v) is 5.36. The number of methoxy groups -OCH3 is 1. The van der Waals surface area contributed by atoms with E-state index >= 15 is 0 Å². The topological polar surface area (TPSA) is 42.2 Å². The lowest BCUT2D eigenvalue weighted by Crippen LogP contribution is -2.05. The molecule has 22 heavy (non-hydrogen) atoms. The third-order valence-corrected chi connectivity index (χ3v) is 3.66. The van der Waals surface area contributed by atoms with Crippen LogP contribution in [-0.2, 0) is 0 Å². The Balaban J connectivity index is 1.99. The first-order valence-electron chi connectivity index (χ1n) is 7.37. The molecule has 0 saturated heterocycles. The fourth-order valence-corrected chi connectivity index (χ4v) is 2.31. The van der Waals surface area contributed by atoms with Gasteiger partial charge in [0.2, 0.25) is 0 Å². The highest BCUT2D eigenvalue weighted by Crippen LogP contribution is 2.24. The number of ether oxygens (including phenoxy) is 2. The smallest absolute Gasteiger partial charge is 0.122 e. The number of hydrogen-bond donors (Lipinski definition) is 0. The van der Waals surface area contributed by atoms with E-state index < -0.39 is 0 Å². The van der Waals surface area contributed by atoms with Crippen LogP contribution in [0.25, 0.3) is 0 Å². The maximum absolute atomic E-state index is 9.39. The van der Waals surface area contributed by atoms with Crippen molar-refractivity contribution in [2.24, 2.45) is 0 Å². The molecule has 0 aliphatic heterocycles. The van der Waals surface area contributed by atoms with Crippen LogP contribution in [0.4, 0.5) is 0 Å². The van der Waals surface area contributed by atoms with E-state index in [2.05, 4.69) is 18.2 Å².